The number of hydrogen-bond donors (Lipinski definition) is 1. The van der Waals surface area contributed by atoms with Gasteiger partial charge in [-0.3, -0.25) is 4.79 Å². The van der Waals surface area contributed by atoms with E-state index in [4.69, 9.17) is 33.2 Å². The number of rotatable bonds is 11. The molecule has 0 spiro atoms. The van der Waals surface area contributed by atoms with E-state index in [1.165, 1.54) is 45.8 Å². The van der Waals surface area contributed by atoms with Crippen LogP contribution in [0.15, 0.2) is 83.5 Å². The van der Waals surface area contributed by atoms with Gasteiger partial charge in [0.15, 0.2) is 5.76 Å². The van der Waals surface area contributed by atoms with Crippen molar-refractivity contribution in [3.8, 4) is 16.9 Å². The number of sulfonamides is 1. The summed E-state index contributed by atoms with van der Waals surface area (Å²) in [4.78, 5) is 16.0. The highest BCUT2D eigenvalue weighted by Crippen LogP contribution is 2.43. The van der Waals surface area contributed by atoms with Crippen LogP contribution in [-0.4, -0.2) is 134 Å². The van der Waals surface area contributed by atoms with E-state index >= 15 is 0 Å². The van der Waals surface area contributed by atoms with Crippen LogP contribution in [0.25, 0.3) is 11.1 Å². The minimum absolute atomic E-state index is 0.0396. The zero-order chi connectivity index (χ0) is 37.8. The molecule has 0 bridgehead atoms. The van der Waals surface area contributed by atoms with Crippen molar-refractivity contribution in [2.45, 2.75) is 29.9 Å². The molecule has 292 valence electrons. The molecule has 54 heavy (non-hydrogen) atoms. The minimum Gasteiger partial charge on any atom is -0.497 e. The van der Waals surface area contributed by atoms with Gasteiger partial charge in [0.1, 0.15) is 5.75 Å². The van der Waals surface area contributed by atoms with Gasteiger partial charge in [0.2, 0.25) is 16.3 Å². The Morgan fingerprint density at radius 3 is 2.15 bits per heavy atom. The fourth-order valence-corrected chi connectivity index (χ4v) is 8.30. The lowest BCUT2D eigenvalue weighted by atomic mass is 9.87. The lowest BCUT2D eigenvalue weighted by Gasteiger charge is -2.33. The number of ether oxygens (including phenoxy) is 7. The maximum absolute atomic E-state index is 14.3. The molecule has 1 saturated heterocycles. The summed E-state index contributed by atoms with van der Waals surface area (Å²) in [6, 6.07) is 20.7. The van der Waals surface area contributed by atoms with Gasteiger partial charge in [0, 0.05) is 38.5 Å². The molecule has 1 N–H and O–H groups in total. The van der Waals surface area contributed by atoms with E-state index in [1.54, 1.807) is 17.0 Å². The van der Waals surface area contributed by atoms with Gasteiger partial charge in [0.05, 0.1) is 78.1 Å². The van der Waals surface area contributed by atoms with Crippen molar-refractivity contribution in [3.63, 3.8) is 0 Å². The predicted octanol–water partition coefficient (Wildman–Crippen LogP) is 3.59. The number of aliphatic hydroxyl groups is 1. The van der Waals surface area contributed by atoms with Gasteiger partial charge >= 0.3 is 0 Å². The highest BCUT2D eigenvalue weighted by molar-refractivity contribution is 7.89. The molecular weight excluding hydrogens is 717 g/mol. The fourth-order valence-electron chi connectivity index (χ4n) is 6.89. The molecule has 1 fully saturated rings. The molecule has 14 heteroatoms. The quantitative estimate of drug-likeness (QED) is 0.240. The number of aliphatic hydroxyl groups excluding tert-OH is 1. The molecule has 3 aromatic rings. The third-order valence-corrected chi connectivity index (χ3v) is 11.6. The molecule has 2 atom stereocenters. The van der Waals surface area contributed by atoms with Crippen molar-refractivity contribution in [1.29, 1.82) is 0 Å². The van der Waals surface area contributed by atoms with Crippen LogP contribution in [0.1, 0.15) is 29.0 Å². The van der Waals surface area contributed by atoms with Crippen molar-refractivity contribution in [3.05, 3.63) is 95.3 Å². The Bertz CT molecular complexity index is 1800. The summed E-state index contributed by atoms with van der Waals surface area (Å²) < 4.78 is 68.6. The van der Waals surface area contributed by atoms with E-state index in [0.717, 1.165) is 12.0 Å². The molecule has 3 aromatic carbocycles. The standard InChI is InChI=1S/C40H50N2O11S/c1-47-32-9-11-33(12-10-32)54(45,46)42(13-17-43)16-20-52-39-29-31(35-7-4-8-36-34-6-3-2-5-30(34)27-37(35)36)28-38(53-39)40(44)41-14-18-48-21-23-50-25-26-51-24-22-49-19-15-41/h2-12,28,31,39,43H,13-27,29H2,1H3. The summed E-state index contributed by atoms with van der Waals surface area (Å²) in [7, 11) is -2.45. The van der Waals surface area contributed by atoms with Gasteiger partial charge in [-0.15, -0.1) is 0 Å². The zero-order valence-corrected chi connectivity index (χ0v) is 31.5. The summed E-state index contributed by atoms with van der Waals surface area (Å²) in [6.45, 7) is 3.21. The first-order chi connectivity index (χ1) is 26.4. The second kappa shape index (κ2) is 19.6. The van der Waals surface area contributed by atoms with E-state index in [-0.39, 0.29) is 48.8 Å². The number of carbonyl (C=O) groups is 1. The molecule has 1 amide bonds. The lowest BCUT2D eigenvalue weighted by molar-refractivity contribution is -0.153. The Morgan fingerprint density at radius 1 is 0.833 bits per heavy atom. The van der Waals surface area contributed by atoms with Crippen LogP contribution in [-0.2, 0) is 49.7 Å². The summed E-state index contributed by atoms with van der Waals surface area (Å²) in [5, 5.41) is 9.77. The fraction of sp³-hybridized carbons (Fsp3) is 0.475. The van der Waals surface area contributed by atoms with Crippen molar-refractivity contribution in [1.82, 2.24) is 9.21 Å². The van der Waals surface area contributed by atoms with Crippen LogP contribution in [0, 0.1) is 0 Å². The Balaban J connectivity index is 1.22. The van der Waals surface area contributed by atoms with Crippen LogP contribution in [0.4, 0.5) is 0 Å². The summed E-state index contributed by atoms with van der Waals surface area (Å²) in [6.07, 6.45) is 2.20. The van der Waals surface area contributed by atoms with Gasteiger partial charge in [-0.25, -0.2) is 8.42 Å². The van der Waals surface area contributed by atoms with Crippen LogP contribution < -0.4 is 4.74 Å². The van der Waals surface area contributed by atoms with Gasteiger partial charge in [-0.05, 0) is 64.6 Å². The molecule has 1 aliphatic carbocycles. The molecule has 2 aliphatic heterocycles. The van der Waals surface area contributed by atoms with Crippen LogP contribution in [0.3, 0.4) is 0 Å². The summed E-state index contributed by atoms with van der Waals surface area (Å²) in [5.74, 6) is 0.123. The van der Waals surface area contributed by atoms with E-state index in [2.05, 4.69) is 24.3 Å². The maximum atomic E-state index is 14.3. The zero-order valence-electron chi connectivity index (χ0n) is 30.7. The molecular formula is C40H50N2O11S. The normalized spacial score (nSPS) is 20.2. The smallest absolute Gasteiger partial charge is 0.288 e. The highest BCUT2D eigenvalue weighted by atomic mass is 32.2. The van der Waals surface area contributed by atoms with E-state index in [9.17, 15) is 18.3 Å². The maximum Gasteiger partial charge on any atom is 0.288 e. The lowest BCUT2D eigenvalue weighted by Crippen LogP contribution is -2.41. The van der Waals surface area contributed by atoms with Crippen LogP contribution >= 0.6 is 0 Å². The summed E-state index contributed by atoms with van der Waals surface area (Å²) in [5.41, 5.74) is 5.91. The van der Waals surface area contributed by atoms with Crippen LogP contribution in [0.5, 0.6) is 5.75 Å². The van der Waals surface area contributed by atoms with E-state index < -0.39 is 16.3 Å². The second-order valence-corrected chi connectivity index (χ2v) is 15.0. The Hall–Kier alpha value is -3.86. The van der Waals surface area contributed by atoms with Gasteiger partial charge in [0.25, 0.3) is 5.91 Å². The first-order valence-corrected chi connectivity index (χ1v) is 19.9. The first kappa shape index (κ1) is 39.8. The SMILES string of the molecule is COc1ccc(S(=O)(=O)N(CCO)CCOC2CC(c3cccc4c3Cc3ccccc3-4)C=C(C(=O)N3CCOCCOCCOCCOCC3)O2)cc1. The number of amides is 1. The molecule has 0 aromatic heterocycles. The molecule has 2 unspecified atom stereocenters. The highest BCUT2D eigenvalue weighted by Gasteiger charge is 2.34. The second-order valence-electron chi connectivity index (χ2n) is 13.0. The predicted molar refractivity (Wildman–Crippen MR) is 200 cm³/mol. The van der Waals surface area contributed by atoms with Gasteiger partial charge in [-0.1, -0.05) is 42.5 Å². The molecule has 0 saturated carbocycles. The third kappa shape index (κ3) is 10.1. The molecule has 13 nitrogen and oxygen atoms in total. The van der Waals surface area contributed by atoms with Crippen molar-refractivity contribution < 1.29 is 51.5 Å². The molecule has 0 radical (unpaired) electrons. The number of carbonyl (C=O) groups excluding carboxylic acids is 1. The van der Waals surface area contributed by atoms with E-state index in [1.807, 2.05) is 24.3 Å². The number of allylic oxidation sites excluding steroid dienone is 1. The van der Waals surface area contributed by atoms with Crippen molar-refractivity contribution >= 4 is 15.9 Å². The third-order valence-electron chi connectivity index (χ3n) is 9.66. The van der Waals surface area contributed by atoms with Crippen molar-refractivity contribution in [2.24, 2.45) is 0 Å². The van der Waals surface area contributed by atoms with Crippen LogP contribution in [0.2, 0.25) is 0 Å². The van der Waals surface area contributed by atoms with Gasteiger partial charge in [-0.2, -0.15) is 4.31 Å². The average molecular weight is 767 g/mol. The number of hydrogen-bond acceptors (Lipinski definition) is 11. The first-order valence-electron chi connectivity index (χ1n) is 18.4. The van der Waals surface area contributed by atoms with Gasteiger partial charge < -0.3 is 43.2 Å². The average Bonchev–Trinajstić information content (AvgIpc) is 3.57. The Labute approximate surface area is 317 Å². The molecule has 3 aliphatic rings. The Kier molecular flexibility index (Phi) is 14.5. The number of fused-ring (bicyclic) bond motifs is 3. The largest absolute Gasteiger partial charge is 0.497 e. The Morgan fingerprint density at radius 2 is 1.48 bits per heavy atom. The topological polar surface area (TPSA) is 143 Å². The number of methoxy groups -OCH3 is 1. The van der Waals surface area contributed by atoms with Crippen molar-refractivity contribution in [2.75, 3.05) is 99.4 Å². The molecule has 6 rings (SSSR count). The molecule has 2 heterocycles. The summed E-state index contributed by atoms with van der Waals surface area (Å²) >= 11 is 0. The van der Waals surface area contributed by atoms with E-state index in [0.29, 0.717) is 78.1 Å². The number of benzene rings is 3. The monoisotopic (exact) mass is 766 g/mol. The number of nitrogens with zero attached hydrogens (tertiary/aromatic N) is 2. The minimum atomic E-state index is -3.95.